The lowest BCUT2D eigenvalue weighted by Crippen LogP contribution is -2.32. The summed E-state index contributed by atoms with van der Waals surface area (Å²) in [7, 11) is 0. The number of halogens is 3. The van der Waals surface area contributed by atoms with Crippen molar-refractivity contribution in [2.24, 2.45) is 5.92 Å². The Balaban J connectivity index is 1.39. The minimum absolute atomic E-state index is 0.262. The molecule has 0 aliphatic carbocycles. The molecule has 0 N–H and O–H groups in total. The van der Waals surface area contributed by atoms with Crippen molar-refractivity contribution in [1.29, 1.82) is 0 Å². The molecule has 5 heteroatoms. The van der Waals surface area contributed by atoms with E-state index < -0.39 is 11.6 Å². The van der Waals surface area contributed by atoms with Gasteiger partial charge in [-0.25, -0.2) is 13.2 Å². The summed E-state index contributed by atoms with van der Waals surface area (Å²) >= 11 is 0. The molecule has 0 bridgehead atoms. The zero-order valence-electron chi connectivity index (χ0n) is 18.7. The van der Waals surface area contributed by atoms with E-state index in [2.05, 4.69) is 18.8 Å². The molecule has 3 aromatic rings. The van der Waals surface area contributed by atoms with E-state index in [0.29, 0.717) is 43.1 Å². The highest BCUT2D eigenvalue weighted by Crippen LogP contribution is 2.22. The molecule has 0 radical (unpaired) electrons. The second-order valence-electron chi connectivity index (χ2n) is 8.53. The van der Waals surface area contributed by atoms with Gasteiger partial charge in [-0.1, -0.05) is 43.7 Å². The Morgan fingerprint density at radius 1 is 0.848 bits per heavy atom. The third kappa shape index (κ3) is 6.16. The number of fused-ring (bicyclic) bond motifs is 1. The van der Waals surface area contributed by atoms with Crippen LogP contribution in [-0.2, 0) is 15.9 Å². The minimum Gasteiger partial charge on any atom is -0.352 e. The SMILES string of the molecule is CCCCC1COC(CCc2cc(F)c(C#Cc3ccc4cc(F)ccc4c3)c(F)c2)OC1. The standard InChI is InChI=1S/C28H27F3O2/c1-2-3-4-21-17-32-28(33-18-21)12-7-20-14-26(30)25(27(31)15-20)11-6-19-5-8-23-16-24(29)10-9-22(23)13-19/h5,8-10,13-16,21,28H,2-4,7,12,17-18H2,1H3. The Bertz CT molecular complexity index is 1150. The van der Waals surface area contributed by atoms with E-state index in [-0.39, 0.29) is 17.7 Å². The number of benzene rings is 3. The predicted octanol–water partition coefficient (Wildman–Crippen LogP) is 6.77. The quantitative estimate of drug-likeness (QED) is 0.384. The first-order valence-electron chi connectivity index (χ1n) is 11.4. The van der Waals surface area contributed by atoms with E-state index in [1.165, 1.54) is 24.3 Å². The number of hydrogen-bond acceptors (Lipinski definition) is 2. The molecule has 0 unspecified atom stereocenters. The highest BCUT2D eigenvalue weighted by Gasteiger charge is 2.22. The van der Waals surface area contributed by atoms with Gasteiger partial charge in [0.15, 0.2) is 6.29 Å². The second-order valence-corrected chi connectivity index (χ2v) is 8.53. The van der Waals surface area contributed by atoms with Crippen LogP contribution in [0.15, 0.2) is 48.5 Å². The summed E-state index contributed by atoms with van der Waals surface area (Å²) in [5.41, 5.74) is 0.881. The highest BCUT2D eigenvalue weighted by molar-refractivity contribution is 5.84. The molecule has 0 atom stereocenters. The number of rotatable bonds is 6. The van der Waals surface area contributed by atoms with Gasteiger partial charge >= 0.3 is 0 Å². The monoisotopic (exact) mass is 452 g/mol. The predicted molar refractivity (Wildman–Crippen MR) is 123 cm³/mol. The first kappa shape index (κ1) is 23.4. The van der Waals surface area contributed by atoms with Crippen molar-refractivity contribution >= 4 is 10.8 Å². The summed E-state index contributed by atoms with van der Waals surface area (Å²) in [6.45, 7) is 3.51. The summed E-state index contributed by atoms with van der Waals surface area (Å²) in [5, 5.41) is 1.55. The average molecular weight is 453 g/mol. The fourth-order valence-electron chi connectivity index (χ4n) is 4.01. The maximum atomic E-state index is 14.6. The number of hydrogen-bond donors (Lipinski definition) is 0. The zero-order valence-corrected chi connectivity index (χ0v) is 18.7. The van der Waals surface area contributed by atoms with Crippen LogP contribution in [-0.4, -0.2) is 19.5 Å². The van der Waals surface area contributed by atoms with Crippen LogP contribution in [0.2, 0.25) is 0 Å². The molecule has 1 aliphatic heterocycles. The van der Waals surface area contributed by atoms with Crippen LogP contribution in [0.1, 0.15) is 49.3 Å². The molecular formula is C28H27F3O2. The summed E-state index contributed by atoms with van der Waals surface area (Å²) < 4.78 is 54.0. The number of unbranched alkanes of at least 4 members (excludes halogenated alkanes) is 1. The van der Waals surface area contributed by atoms with Crippen LogP contribution < -0.4 is 0 Å². The lowest BCUT2D eigenvalue weighted by Gasteiger charge is -2.29. The third-order valence-electron chi connectivity index (χ3n) is 5.91. The molecule has 1 heterocycles. The van der Waals surface area contributed by atoms with Crippen molar-refractivity contribution in [2.45, 2.75) is 45.3 Å². The first-order valence-corrected chi connectivity index (χ1v) is 11.4. The Hall–Kier alpha value is -2.81. The van der Waals surface area contributed by atoms with E-state index in [1.807, 2.05) is 0 Å². The molecule has 4 rings (SSSR count). The fourth-order valence-corrected chi connectivity index (χ4v) is 4.01. The van der Waals surface area contributed by atoms with Crippen LogP contribution in [0.5, 0.6) is 0 Å². The van der Waals surface area contributed by atoms with E-state index in [4.69, 9.17) is 9.47 Å². The largest absolute Gasteiger partial charge is 0.352 e. The van der Waals surface area contributed by atoms with Crippen molar-refractivity contribution < 1.29 is 22.6 Å². The molecule has 0 amide bonds. The molecule has 172 valence electrons. The number of ether oxygens (including phenoxy) is 2. The van der Waals surface area contributed by atoms with Gasteiger partial charge in [0.1, 0.15) is 17.5 Å². The second kappa shape index (κ2) is 10.9. The van der Waals surface area contributed by atoms with E-state index >= 15 is 0 Å². The molecule has 0 spiro atoms. The maximum absolute atomic E-state index is 14.6. The molecule has 0 aromatic heterocycles. The van der Waals surface area contributed by atoms with Gasteiger partial charge < -0.3 is 9.47 Å². The first-order chi connectivity index (χ1) is 16.0. The van der Waals surface area contributed by atoms with Gasteiger partial charge in [-0.3, -0.25) is 0 Å². The summed E-state index contributed by atoms with van der Waals surface area (Å²) in [6.07, 6.45) is 4.07. The Morgan fingerprint density at radius 2 is 1.55 bits per heavy atom. The van der Waals surface area contributed by atoms with E-state index in [1.54, 1.807) is 24.3 Å². The summed E-state index contributed by atoms with van der Waals surface area (Å²) in [5.74, 6) is 4.15. The van der Waals surface area contributed by atoms with E-state index in [0.717, 1.165) is 30.0 Å². The normalized spacial score (nSPS) is 18.2. The van der Waals surface area contributed by atoms with Crippen LogP contribution in [0, 0.1) is 35.2 Å². The summed E-state index contributed by atoms with van der Waals surface area (Å²) in [6, 6.07) is 12.3. The molecular weight excluding hydrogens is 425 g/mol. The van der Waals surface area contributed by atoms with Crippen molar-refractivity contribution in [3.8, 4) is 11.8 Å². The van der Waals surface area contributed by atoms with Gasteiger partial charge in [-0.2, -0.15) is 0 Å². The molecule has 0 saturated carbocycles. The van der Waals surface area contributed by atoms with Crippen molar-refractivity contribution in [2.75, 3.05) is 13.2 Å². The van der Waals surface area contributed by atoms with Gasteiger partial charge in [-0.15, -0.1) is 0 Å². The lowest BCUT2D eigenvalue weighted by atomic mass is 10.0. The van der Waals surface area contributed by atoms with Crippen LogP contribution in [0.3, 0.4) is 0 Å². The zero-order chi connectivity index (χ0) is 23.2. The van der Waals surface area contributed by atoms with Gasteiger partial charge in [0.25, 0.3) is 0 Å². The van der Waals surface area contributed by atoms with Gasteiger partial charge in [0.05, 0.1) is 18.8 Å². The van der Waals surface area contributed by atoms with Crippen molar-refractivity contribution in [3.05, 3.63) is 82.7 Å². The fraction of sp³-hybridized carbons (Fsp3) is 0.357. The van der Waals surface area contributed by atoms with Gasteiger partial charge in [0, 0.05) is 17.9 Å². The molecule has 3 aromatic carbocycles. The van der Waals surface area contributed by atoms with Crippen LogP contribution in [0.25, 0.3) is 10.8 Å². The Kier molecular flexibility index (Phi) is 7.69. The molecule has 1 aliphatic rings. The average Bonchev–Trinajstić information content (AvgIpc) is 2.81. The van der Waals surface area contributed by atoms with Crippen molar-refractivity contribution in [1.82, 2.24) is 0 Å². The smallest absolute Gasteiger partial charge is 0.157 e. The lowest BCUT2D eigenvalue weighted by molar-refractivity contribution is -0.203. The topological polar surface area (TPSA) is 18.5 Å². The number of aryl methyl sites for hydroxylation is 1. The Labute approximate surface area is 192 Å². The van der Waals surface area contributed by atoms with Crippen LogP contribution in [0.4, 0.5) is 13.2 Å². The molecule has 2 nitrogen and oxygen atoms in total. The van der Waals surface area contributed by atoms with E-state index in [9.17, 15) is 13.2 Å². The van der Waals surface area contributed by atoms with Crippen LogP contribution >= 0.6 is 0 Å². The maximum Gasteiger partial charge on any atom is 0.157 e. The summed E-state index contributed by atoms with van der Waals surface area (Å²) in [4.78, 5) is 0. The van der Waals surface area contributed by atoms with Crippen molar-refractivity contribution in [3.63, 3.8) is 0 Å². The molecule has 33 heavy (non-hydrogen) atoms. The highest BCUT2D eigenvalue weighted by atomic mass is 19.1. The molecule has 1 saturated heterocycles. The molecule has 1 fully saturated rings. The minimum atomic E-state index is -0.689. The van der Waals surface area contributed by atoms with Gasteiger partial charge in [0.2, 0.25) is 0 Å². The third-order valence-corrected chi connectivity index (χ3v) is 5.91. The van der Waals surface area contributed by atoms with Gasteiger partial charge in [-0.05, 0) is 65.6 Å². The Morgan fingerprint density at radius 3 is 2.27 bits per heavy atom.